The Bertz CT molecular complexity index is 535. The fraction of sp³-hybridized carbons (Fsp3) is 0.500. The summed E-state index contributed by atoms with van der Waals surface area (Å²) in [5.41, 5.74) is 4.84. The van der Waals surface area contributed by atoms with E-state index >= 15 is 0 Å². The van der Waals surface area contributed by atoms with Crippen molar-refractivity contribution in [2.75, 3.05) is 0 Å². The molecule has 0 spiro atoms. The molecule has 0 aliphatic carbocycles. The van der Waals surface area contributed by atoms with Gasteiger partial charge in [-0.3, -0.25) is 4.57 Å². The summed E-state index contributed by atoms with van der Waals surface area (Å²) in [5, 5.41) is 0. The molecule has 1 aromatic rings. The molecule has 18 heavy (non-hydrogen) atoms. The number of allylic oxidation sites excluding steroid dienone is 1. The van der Waals surface area contributed by atoms with Gasteiger partial charge in [0, 0.05) is 31.8 Å². The van der Waals surface area contributed by atoms with Crippen LogP contribution in [0.4, 0.5) is 0 Å². The van der Waals surface area contributed by atoms with Gasteiger partial charge in [0.15, 0.2) is 0 Å². The highest BCUT2D eigenvalue weighted by molar-refractivity contribution is 7.71. The summed E-state index contributed by atoms with van der Waals surface area (Å²) in [6, 6.07) is 0. The quantitative estimate of drug-likeness (QED) is 0.607. The highest BCUT2D eigenvalue weighted by atomic mass is 32.1. The van der Waals surface area contributed by atoms with Gasteiger partial charge in [0.05, 0.1) is 0 Å². The second kappa shape index (κ2) is 7.85. The zero-order valence-corrected chi connectivity index (χ0v) is 12.9. The molecule has 0 radical (unpaired) electrons. The SMILES string of the molecule is CC.CC=C=CCc1c(C)c(=S)n(C)c(=O)n1C. The minimum absolute atomic E-state index is 0.0838. The smallest absolute Gasteiger partial charge is 0.300 e. The van der Waals surface area contributed by atoms with Gasteiger partial charge in [-0.05, 0) is 26.0 Å². The Labute approximate surface area is 114 Å². The average Bonchev–Trinajstić information content (AvgIpc) is 2.40. The Balaban J connectivity index is 0.00000137. The van der Waals surface area contributed by atoms with Crippen molar-refractivity contribution in [2.24, 2.45) is 14.1 Å². The van der Waals surface area contributed by atoms with Crippen LogP contribution in [0.2, 0.25) is 0 Å². The average molecular weight is 266 g/mol. The molecule has 100 valence electrons. The van der Waals surface area contributed by atoms with Crippen LogP contribution < -0.4 is 5.69 Å². The predicted octanol–water partition coefficient (Wildman–Crippen LogP) is 3.06. The van der Waals surface area contributed by atoms with Crippen LogP contribution in [0.5, 0.6) is 0 Å². The van der Waals surface area contributed by atoms with Crippen LogP contribution in [0, 0.1) is 11.6 Å². The molecule has 1 aromatic heterocycles. The molecule has 1 rings (SSSR count). The van der Waals surface area contributed by atoms with Crippen molar-refractivity contribution < 1.29 is 0 Å². The van der Waals surface area contributed by atoms with E-state index in [1.807, 2.05) is 39.8 Å². The van der Waals surface area contributed by atoms with E-state index in [9.17, 15) is 4.79 Å². The molecule has 4 heteroatoms. The number of hydrogen-bond donors (Lipinski definition) is 0. The summed E-state index contributed by atoms with van der Waals surface area (Å²) < 4.78 is 3.74. The van der Waals surface area contributed by atoms with Crippen molar-refractivity contribution in [3.63, 3.8) is 0 Å². The molecule has 0 aliphatic heterocycles. The van der Waals surface area contributed by atoms with Gasteiger partial charge >= 0.3 is 5.69 Å². The van der Waals surface area contributed by atoms with Crippen LogP contribution in [-0.2, 0) is 20.5 Å². The monoisotopic (exact) mass is 266 g/mol. The van der Waals surface area contributed by atoms with Crippen molar-refractivity contribution in [1.82, 2.24) is 9.13 Å². The van der Waals surface area contributed by atoms with E-state index in [0.717, 1.165) is 11.3 Å². The zero-order chi connectivity index (χ0) is 14.3. The van der Waals surface area contributed by atoms with E-state index in [4.69, 9.17) is 12.2 Å². The van der Waals surface area contributed by atoms with E-state index in [0.29, 0.717) is 11.1 Å². The van der Waals surface area contributed by atoms with E-state index in [1.54, 1.807) is 18.7 Å². The maximum atomic E-state index is 11.8. The van der Waals surface area contributed by atoms with E-state index < -0.39 is 0 Å². The van der Waals surface area contributed by atoms with Crippen molar-refractivity contribution in [1.29, 1.82) is 0 Å². The Kier molecular flexibility index (Phi) is 7.25. The Morgan fingerprint density at radius 3 is 2.33 bits per heavy atom. The fourth-order valence-corrected chi connectivity index (χ4v) is 1.81. The lowest BCUT2D eigenvalue weighted by atomic mass is 10.2. The van der Waals surface area contributed by atoms with Crippen LogP contribution >= 0.6 is 12.2 Å². The molecule has 0 amide bonds. The van der Waals surface area contributed by atoms with E-state index in [1.165, 1.54) is 4.57 Å². The van der Waals surface area contributed by atoms with Crippen LogP contribution in [-0.4, -0.2) is 9.13 Å². The van der Waals surface area contributed by atoms with Crippen LogP contribution in [0.25, 0.3) is 0 Å². The first-order chi connectivity index (χ1) is 8.50. The molecule has 0 aromatic carbocycles. The molecule has 0 saturated heterocycles. The van der Waals surface area contributed by atoms with E-state index in [2.05, 4.69) is 5.73 Å². The molecule has 1 heterocycles. The number of rotatable bonds is 2. The van der Waals surface area contributed by atoms with Gasteiger partial charge in [-0.25, -0.2) is 4.79 Å². The minimum atomic E-state index is -0.0838. The summed E-state index contributed by atoms with van der Waals surface area (Å²) in [7, 11) is 3.46. The van der Waals surface area contributed by atoms with Gasteiger partial charge in [-0.1, -0.05) is 26.1 Å². The van der Waals surface area contributed by atoms with Crippen LogP contribution in [0.3, 0.4) is 0 Å². The largest absolute Gasteiger partial charge is 0.328 e. The third-order valence-electron chi connectivity index (χ3n) is 2.62. The third-order valence-corrected chi connectivity index (χ3v) is 3.20. The lowest BCUT2D eigenvalue weighted by Crippen LogP contribution is -2.31. The lowest BCUT2D eigenvalue weighted by molar-refractivity contribution is 0.661. The maximum absolute atomic E-state index is 11.8. The number of hydrogen-bond acceptors (Lipinski definition) is 2. The van der Waals surface area contributed by atoms with Crippen molar-refractivity contribution >= 4 is 12.2 Å². The molecular weight excluding hydrogens is 244 g/mol. The van der Waals surface area contributed by atoms with Crippen molar-refractivity contribution in [2.45, 2.75) is 34.1 Å². The standard InChI is InChI=1S/C12H16N2OS.C2H6/c1-5-6-7-8-10-9(2)11(16)14(4)12(15)13(10)3;1-2/h5,7H,8H2,1-4H3;1-2H3. The molecule has 0 aliphatic rings. The Morgan fingerprint density at radius 1 is 1.28 bits per heavy atom. The Hall–Kier alpha value is -1.38. The van der Waals surface area contributed by atoms with E-state index in [-0.39, 0.29) is 5.69 Å². The lowest BCUT2D eigenvalue weighted by Gasteiger charge is -2.12. The summed E-state index contributed by atoms with van der Waals surface area (Å²) >= 11 is 5.22. The first-order valence-corrected chi connectivity index (χ1v) is 6.52. The molecule has 0 saturated carbocycles. The molecule has 0 N–H and O–H groups in total. The van der Waals surface area contributed by atoms with Crippen molar-refractivity contribution in [3.8, 4) is 0 Å². The molecular formula is C14H22N2OS. The van der Waals surface area contributed by atoms with Gasteiger partial charge in [0.25, 0.3) is 0 Å². The molecule has 0 bridgehead atoms. The summed E-state index contributed by atoms with van der Waals surface area (Å²) in [6.07, 6.45) is 4.41. The second-order valence-electron chi connectivity index (χ2n) is 3.64. The first kappa shape index (κ1) is 16.6. The first-order valence-electron chi connectivity index (χ1n) is 6.11. The fourth-order valence-electron chi connectivity index (χ4n) is 1.62. The summed E-state index contributed by atoms with van der Waals surface area (Å²) in [6.45, 7) is 7.85. The summed E-state index contributed by atoms with van der Waals surface area (Å²) in [5.74, 6) is 0. The predicted molar refractivity (Wildman–Crippen MR) is 79.6 cm³/mol. The van der Waals surface area contributed by atoms with Gasteiger partial charge in [-0.2, -0.15) is 0 Å². The Morgan fingerprint density at radius 2 is 1.83 bits per heavy atom. The summed E-state index contributed by atoms with van der Waals surface area (Å²) in [4.78, 5) is 11.8. The van der Waals surface area contributed by atoms with Gasteiger partial charge in [-0.15, -0.1) is 5.73 Å². The van der Waals surface area contributed by atoms with Gasteiger partial charge in [0.1, 0.15) is 4.64 Å². The topological polar surface area (TPSA) is 26.9 Å². The van der Waals surface area contributed by atoms with Crippen LogP contribution in [0.1, 0.15) is 32.0 Å². The van der Waals surface area contributed by atoms with Gasteiger partial charge in [0.2, 0.25) is 0 Å². The van der Waals surface area contributed by atoms with Crippen LogP contribution in [0.15, 0.2) is 22.7 Å². The second-order valence-corrected chi connectivity index (χ2v) is 4.03. The molecule has 3 nitrogen and oxygen atoms in total. The molecule has 0 atom stereocenters. The van der Waals surface area contributed by atoms with Crippen molar-refractivity contribution in [3.05, 3.63) is 44.3 Å². The third kappa shape index (κ3) is 3.56. The number of nitrogens with zero attached hydrogens (tertiary/aromatic N) is 2. The van der Waals surface area contributed by atoms with Gasteiger partial charge < -0.3 is 4.57 Å². The highest BCUT2D eigenvalue weighted by Crippen LogP contribution is 2.07. The molecule has 0 unspecified atom stereocenters. The molecule has 0 fully saturated rings. The maximum Gasteiger partial charge on any atom is 0.328 e. The zero-order valence-electron chi connectivity index (χ0n) is 12.1. The minimum Gasteiger partial charge on any atom is -0.300 e. The normalized spacial score (nSPS) is 9.00. The highest BCUT2D eigenvalue weighted by Gasteiger charge is 2.07. The number of aromatic nitrogens is 2.